The number of hydrogen-bond acceptors (Lipinski definition) is 7. The predicted octanol–water partition coefficient (Wildman–Crippen LogP) is 4.02. The molecule has 31 heavy (non-hydrogen) atoms. The lowest BCUT2D eigenvalue weighted by Gasteiger charge is -2.30. The molecule has 0 saturated carbocycles. The summed E-state index contributed by atoms with van der Waals surface area (Å²) in [6.07, 6.45) is -0.546. The summed E-state index contributed by atoms with van der Waals surface area (Å²) in [7, 11) is -0.746. The van der Waals surface area contributed by atoms with E-state index in [1.165, 1.54) is 30.2 Å². The number of benzene rings is 2. The first-order valence-corrected chi connectivity index (χ1v) is 11.8. The summed E-state index contributed by atoms with van der Waals surface area (Å²) >= 11 is 7.19. The van der Waals surface area contributed by atoms with Crippen molar-refractivity contribution in [2.75, 3.05) is 23.8 Å². The van der Waals surface area contributed by atoms with Crippen molar-refractivity contribution in [1.29, 1.82) is 0 Å². The van der Waals surface area contributed by atoms with E-state index in [1.807, 2.05) is 6.07 Å². The summed E-state index contributed by atoms with van der Waals surface area (Å²) in [5, 5.41) is 2.12. The zero-order chi connectivity index (χ0) is 22.3. The first-order valence-electron chi connectivity index (χ1n) is 9.10. The molecule has 0 aliphatic carbocycles. The quantitative estimate of drug-likeness (QED) is 0.593. The summed E-state index contributed by atoms with van der Waals surface area (Å²) in [6, 6.07) is 9.57. The van der Waals surface area contributed by atoms with E-state index in [1.54, 1.807) is 31.5 Å². The number of fused-ring (bicyclic) bond motifs is 1. The van der Waals surface area contributed by atoms with Crippen LogP contribution in [0.15, 0.2) is 46.7 Å². The predicted molar refractivity (Wildman–Crippen MR) is 120 cm³/mol. The zero-order valence-electron chi connectivity index (χ0n) is 16.7. The Hall–Kier alpha value is -2.82. The maximum absolute atomic E-state index is 12.7. The minimum Gasteiger partial charge on any atom is -0.495 e. The number of halogens is 1. The van der Waals surface area contributed by atoms with Gasteiger partial charge in [-0.25, -0.2) is 13.4 Å². The van der Waals surface area contributed by atoms with Gasteiger partial charge in [0, 0.05) is 18.0 Å². The van der Waals surface area contributed by atoms with Crippen molar-refractivity contribution in [2.45, 2.75) is 17.9 Å². The molecule has 4 rings (SSSR count). The second kappa shape index (κ2) is 8.03. The molecule has 2 aromatic carbocycles. The van der Waals surface area contributed by atoms with Crippen molar-refractivity contribution < 1.29 is 22.7 Å². The Balaban J connectivity index is 1.59. The smallest absolute Gasteiger partial charge is 0.267 e. The van der Waals surface area contributed by atoms with Gasteiger partial charge in [-0.1, -0.05) is 11.6 Å². The van der Waals surface area contributed by atoms with Gasteiger partial charge in [-0.2, -0.15) is 0 Å². The van der Waals surface area contributed by atoms with Crippen LogP contribution in [0.5, 0.6) is 11.5 Å². The topological polar surface area (TPSA) is 97.8 Å². The van der Waals surface area contributed by atoms with Crippen molar-refractivity contribution >= 4 is 49.7 Å². The SMILES string of the molecule is COc1ccc(S(=O)(=O)Nc2nc(-c3ccc4c(c3)N(C)C(=O)C(C)O4)cs2)cc1Cl. The van der Waals surface area contributed by atoms with Gasteiger partial charge in [0.15, 0.2) is 11.2 Å². The van der Waals surface area contributed by atoms with Crippen molar-refractivity contribution in [3.05, 3.63) is 46.8 Å². The van der Waals surface area contributed by atoms with Gasteiger partial charge in [-0.15, -0.1) is 11.3 Å². The van der Waals surface area contributed by atoms with Crippen LogP contribution in [0.3, 0.4) is 0 Å². The van der Waals surface area contributed by atoms with Crippen LogP contribution in [-0.2, 0) is 14.8 Å². The highest BCUT2D eigenvalue weighted by Gasteiger charge is 2.29. The van der Waals surface area contributed by atoms with Gasteiger partial charge in [0.05, 0.1) is 28.4 Å². The fraction of sp³-hybridized carbons (Fsp3) is 0.200. The summed E-state index contributed by atoms with van der Waals surface area (Å²) in [4.78, 5) is 18.1. The highest BCUT2D eigenvalue weighted by molar-refractivity contribution is 7.93. The van der Waals surface area contributed by atoms with E-state index in [4.69, 9.17) is 21.1 Å². The molecule has 3 aromatic rings. The van der Waals surface area contributed by atoms with Crippen molar-refractivity contribution in [2.24, 2.45) is 0 Å². The molecule has 0 bridgehead atoms. The first kappa shape index (κ1) is 21.4. The minimum absolute atomic E-state index is 0.00441. The third-order valence-corrected chi connectivity index (χ3v) is 7.28. The number of nitrogens with zero attached hydrogens (tertiary/aromatic N) is 2. The summed E-state index contributed by atoms with van der Waals surface area (Å²) in [6.45, 7) is 1.70. The van der Waals surface area contributed by atoms with Crippen LogP contribution in [-0.4, -0.2) is 39.6 Å². The molecule has 2 heterocycles. The molecule has 8 nitrogen and oxygen atoms in total. The molecule has 0 spiro atoms. The lowest BCUT2D eigenvalue weighted by molar-refractivity contribution is -0.125. The van der Waals surface area contributed by atoms with Gasteiger partial charge in [0.1, 0.15) is 11.5 Å². The van der Waals surface area contributed by atoms with Crippen LogP contribution < -0.4 is 19.1 Å². The highest BCUT2D eigenvalue weighted by atomic mass is 35.5. The molecular formula is C20H18ClN3O5S2. The maximum atomic E-state index is 12.7. The van der Waals surface area contributed by atoms with Gasteiger partial charge in [-0.05, 0) is 43.3 Å². The van der Waals surface area contributed by atoms with E-state index in [0.29, 0.717) is 22.9 Å². The van der Waals surface area contributed by atoms with E-state index in [-0.39, 0.29) is 21.0 Å². The van der Waals surface area contributed by atoms with E-state index < -0.39 is 16.1 Å². The largest absolute Gasteiger partial charge is 0.495 e. The Morgan fingerprint density at radius 3 is 2.74 bits per heavy atom. The molecule has 1 aromatic heterocycles. The Bertz CT molecular complexity index is 1280. The lowest BCUT2D eigenvalue weighted by Crippen LogP contribution is -2.41. The molecule has 1 amide bonds. The van der Waals surface area contributed by atoms with Crippen LogP contribution >= 0.6 is 22.9 Å². The second-order valence-corrected chi connectivity index (χ2v) is 9.73. The number of methoxy groups -OCH3 is 1. The molecule has 0 fully saturated rings. The molecule has 1 unspecified atom stereocenters. The van der Waals surface area contributed by atoms with E-state index in [9.17, 15) is 13.2 Å². The Morgan fingerprint density at radius 1 is 1.26 bits per heavy atom. The molecule has 1 atom stereocenters. The van der Waals surface area contributed by atoms with Gasteiger partial charge >= 0.3 is 0 Å². The fourth-order valence-electron chi connectivity index (χ4n) is 3.11. The first-order chi connectivity index (χ1) is 14.7. The molecule has 1 N–H and O–H groups in total. The number of aromatic nitrogens is 1. The van der Waals surface area contributed by atoms with Gasteiger partial charge < -0.3 is 14.4 Å². The fourth-order valence-corrected chi connectivity index (χ4v) is 5.43. The maximum Gasteiger partial charge on any atom is 0.267 e. The number of thiazole rings is 1. The number of hydrogen-bond donors (Lipinski definition) is 1. The van der Waals surface area contributed by atoms with Gasteiger partial charge in [-0.3, -0.25) is 9.52 Å². The molecule has 162 valence electrons. The van der Waals surface area contributed by atoms with Crippen molar-refractivity contribution in [3.63, 3.8) is 0 Å². The van der Waals surface area contributed by atoms with Crippen LogP contribution in [0.4, 0.5) is 10.8 Å². The number of likely N-dealkylation sites (N-methyl/N-ethyl adjacent to an activating group) is 1. The number of carbonyl (C=O) groups is 1. The monoisotopic (exact) mass is 479 g/mol. The zero-order valence-corrected chi connectivity index (χ0v) is 19.1. The van der Waals surface area contributed by atoms with E-state index >= 15 is 0 Å². The summed E-state index contributed by atoms with van der Waals surface area (Å²) in [5.74, 6) is 0.840. The molecule has 1 aliphatic rings. The molecule has 0 saturated heterocycles. The number of amides is 1. The third-order valence-electron chi connectivity index (χ3n) is 4.76. The molecular weight excluding hydrogens is 462 g/mol. The minimum atomic E-state index is -3.88. The van der Waals surface area contributed by atoms with Crippen LogP contribution in [0.25, 0.3) is 11.3 Å². The van der Waals surface area contributed by atoms with E-state index in [0.717, 1.165) is 16.9 Å². The van der Waals surface area contributed by atoms with E-state index in [2.05, 4.69) is 9.71 Å². The third kappa shape index (κ3) is 4.06. The molecule has 0 radical (unpaired) electrons. The van der Waals surface area contributed by atoms with Crippen molar-refractivity contribution in [3.8, 4) is 22.8 Å². The van der Waals surface area contributed by atoms with Crippen LogP contribution in [0.2, 0.25) is 5.02 Å². The number of sulfonamides is 1. The average molecular weight is 480 g/mol. The Kier molecular flexibility index (Phi) is 5.54. The van der Waals surface area contributed by atoms with Crippen molar-refractivity contribution in [1.82, 2.24) is 4.98 Å². The Morgan fingerprint density at radius 2 is 2.03 bits per heavy atom. The van der Waals surface area contributed by atoms with Gasteiger partial charge in [0.25, 0.3) is 15.9 Å². The normalized spacial score (nSPS) is 15.9. The Labute approximate surface area is 188 Å². The molecule has 1 aliphatic heterocycles. The number of rotatable bonds is 5. The standard InChI is InChI=1S/C20H18ClN3O5S2/c1-11-19(25)24(2)16-8-12(4-6-18(16)29-11)15-10-30-20(22-15)23-31(26,27)13-5-7-17(28-3)14(21)9-13/h4-11H,1-3H3,(H,22,23). The number of nitrogens with one attached hydrogen (secondary N) is 1. The van der Waals surface area contributed by atoms with Gasteiger partial charge in [0.2, 0.25) is 0 Å². The summed E-state index contributed by atoms with van der Waals surface area (Å²) in [5.41, 5.74) is 1.92. The number of anilines is 2. The summed E-state index contributed by atoms with van der Waals surface area (Å²) < 4.78 is 38.5. The van der Waals surface area contributed by atoms with Crippen LogP contribution in [0, 0.1) is 0 Å². The van der Waals surface area contributed by atoms with Crippen LogP contribution in [0.1, 0.15) is 6.92 Å². The number of carbonyl (C=O) groups excluding carboxylic acids is 1. The second-order valence-electron chi connectivity index (χ2n) is 6.78. The highest BCUT2D eigenvalue weighted by Crippen LogP contribution is 2.37. The average Bonchev–Trinajstić information content (AvgIpc) is 3.19. The molecule has 11 heteroatoms. The number of ether oxygens (including phenoxy) is 2. The lowest BCUT2D eigenvalue weighted by atomic mass is 10.1.